The van der Waals surface area contributed by atoms with E-state index in [0.717, 1.165) is 4.90 Å². The zero-order valence-electron chi connectivity index (χ0n) is 19.1. The Balaban J connectivity index is 2.05. The fourth-order valence-corrected chi connectivity index (χ4v) is 4.36. The molecule has 1 heterocycles. The number of aliphatic hydroxyl groups is 1. The van der Waals surface area contributed by atoms with Crippen molar-refractivity contribution in [2.75, 3.05) is 26.2 Å². The molecule has 3 aromatic carbocycles. The van der Waals surface area contributed by atoms with Crippen molar-refractivity contribution in [2.24, 2.45) is 0 Å². The number of ether oxygens (including phenoxy) is 3. The van der Waals surface area contributed by atoms with Gasteiger partial charge < -0.3 is 24.4 Å². The van der Waals surface area contributed by atoms with Crippen molar-refractivity contribution in [2.45, 2.75) is 6.04 Å². The molecule has 3 aromatic rings. The summed E-state index contributed by atoms with van der Waals surface area (Å²) in [6.07, 6.45) is 0. The van der Waals surface area contributed by atoms with Gasteiger partial charge >= 0.3 is 0 Å². The Morgan fingerprint density at radius 1 is 0.886 bits per heavy atom. The summed E-state index contributed by atoms with van der Waals surface area (Å²) in [7, 11) is 4.24. The van der Waals surface area contributed by atoms with Crippen LogP contribution in [0.3, 0.4) is 0 Å². The van der Waals surface area contributed by atoms with E-state index in [2.05, 4.69) is 0 Å². The molecule has 1 aliphatic heterocycles. The minimum Gasteiger partial charge on any atom is -0.507 e. The fraction of sp³-hybridized carbons (Fsp3) is 0.154. The van der Waals surface area contributed by atoms with Crippen LogP contribution in [0.1, 0.15) is 17.2 Å². The Morgan fingerprint density at radius 2 is 1.51 bits per heavy atom. The summed E-state index contributed by atoms with van der Waals surface area (Å²) in [5.41, 5.74) is 0.415. The number of benzene rings is 3. The molecule has 2 N–H and O–H groups in total. The molecule has 9 heteroatoms. The van der Waals surface area contributed by atoms with Gasteiger partial charge in [0.05, 0.1) is 49.2 Å². The van der Waals surface area contributed by atoms with Crippen LogP contribution < -0.4 is 19.1 Å². The predicted octanol–water partition coefficient (Wildman–Crippen LogP) is 4.70. The zero-order valence-corrected chi connectivity index (χ0v) is 19.9. The van der Waals surface area contributed by atoms with Crippen molar-refractivity contribution in [1.29, 1.82) is 0 Å². The smallest absolute Gasteiger partial charge is 0.300 e. The summed E-state index contributed by atoms with van der Waals surface area (Å²) >= 11 is 6.20. The number of rotatable bonds is 6. The third-order valence-electron chi connectivity index (χ3n) is 5.75. The Hall–Kier alpha value is -4.17. The summed E-state index contributed by atoms with van der Waals surface area (Å²) in [5, 5.41) is 22.2. The largest absolute Gasteiger partial charge is 0.507 e. The van der Waals surface area contributed by atoms with Gasteiger partial charge in [0.25, 0.3) is 11.7 Å². The monoisotopic (exact) mass is 495 g/mol. The molecule has 0 radical (unpaired) electrons. The van der Waals surface area contributed by atoms with Crippen molar-refractivity contribution >= 4 is 34.7 Å². The minimum atomic E-state index is -1.12. The second-order valence-electron chi connectivity index (χ2n) is 7.59. The first kappa shape index (κ1) is 24.0. The zero-order chi connectivity index (χ0) is 25.3. The van der Waals surface area contributed by atoms with Crippen LogP contribution >= 0.6 is 11.6 Å². The maximum absolute atomic E-state index is 13.4. The number of ketones is 1. The number of hydrogen-bond acceptors (Lipinski definition) is 7. The number of para-hydroxylation sites is 3. The lowest BCUT2D eigenvalue weighted by molar-refractivity contribution is -0.132. The molecule has 0 bridgehead atoms. The first-order valence-electron chi connectivity index (χ1n) is 10.5. The van der Waals surface area contributed by atoms with E-state index >= 15 is 0 Å². The molecule has 0 spiro atoms. The third-order valence-corrected chi connectivity index (χ3v) is 6.04. The lowest BCUT2D eigenvalue weighted by atomic mass is 9.94. The van der Waals surface area contributed by atoms with Gasteiger partial charge in [0.15, 0.2) is 0 Å². The summed E-state index contributed by atoms with van der Waals surface area (Å²) in [4.78, 5) is 27.9. The van der Waals surface area contributed by atoms with Crippen LogP contribution in [-0.2, 0) is 9.59 Å². The summed E-state index contributed by atoms with van der Waals surface area (Å²) in [6, 6.07) is 14.7. The number of phenols is 1. The van der Waals surface area contributed by atoms with E-state index < -0.39 is 23.5 Å². The molecule has 8 nitrogen and oxygen atoms in total. The van der Waals surface area contributed by atoms with Gasteiger partial charge in [0.1, 0.15) is 28.8 Å². The molecule has 1 aliphatic rings. The molecule has 180 valence electrons. The van der Waals surface area contributed by atoms with Crippen LogP contribution in [0.5, 0.6) is 23.0 Å². The molecule has 1 fully saturated rings. The SMILES string of the molecule is COc1cc(/C(O)=C2\C(=O)C(=O)N(c3ccccc3O)C2c2ccccc2OC)c(OC)cc1Cl. The third kappa shape index (κ3) is 4.02. The molecule has 1 unspecified atom stereocenters. The molecule has 0 saturated carbocycles. The average Bonchev–Trinajstić information content (AvgIpc) is 3.13. The van der Waals surface area contributed by atoms with Gasteiger partial charge in [-0.2, -0.15) is 0 Å². The Bertz CT molecular complexity index is 1350. The number of hydrogen-bond donors (Lipinski definition) is 2. The van der Waals surface area contributed by atoms with E-state index in [1.54, 1.807) is 36.4 Å². The van der Waals surface area contributed by atoms with Crippen LogP contribution in [0.15, 0.2) is 66.2 Å². The van der Waals surface area contributed by atoms with E-state index in [1.807, 2.05) is 0 Å². The number of amides is 1. The Kier molecular flexibility index (Phi) is 6.57. The number of nitrogens with zero attached hydrogens (tertiary/aromatic N) is 1. The van der Waals surface area contributed by atoms with Gasteiger partial charge in [0, 0.05) is 11.6 Å². The number of carbonyl (C=O) groups is 2. The highest BCUT2D eigenvalue weighted by atomic mass is 35.5. The van der Waals surface area contributed by atoms with Gasteiger partial charge in [-0.25, -0.2) is 0 Å². The van der Waals surface area contributed by atoms with Crippen molar-refractivity contribution < 1.29 is 34.0 Å². The van der Waals surface area contributed by atoms with Crippen molar-refractivity contribution in [3.05, 3.63) is 82.4 Å². The van der Waals surface area contributed by atoms with Gasteiger partial charge in [-0.15, -0.1) is 0 Å². The van der Waals surface area contributed by atoms with Crippen LogP contribution in [0.25, 0.3) is 5.76 Å². The number of halogens is 1. The molecular weight excluding hydrogens is 474 g/mol. The lowest BCUT2D eigenvalue weighted by Gasteiger charge is -2.27. The van der Waals surface area contributed by atoms with Crippen LogP contribution in [0.2, 0.25) is 5.02 Å². The lowest BCUT2D eigenvalue weighted by Crippen LogP contribution is -2.29. The summed E-state index contributed by atoms with van der Waals surface area (Å²) in [5.74, 6) is -1.80. The van der Waals surface area contributed by atoms with Crippen molar-refractivity contribution in [3.8, 4) is 23.0 Å². The quantitative estimate of drug-likeness (QED) is 0.290. The topological polar surface area (TPSA) is 106 Å². The van der Waals surface area contributed by atoms with Gasteiger partial charge in [-0.1, -0.05) is 41.9 Å². The molecule has 0 aliphatic carbocycles. The fourth-order valence-electron chi connectivity index (χ4n) is 4.13. The normalized spacial score (nSPS) is 16.9. The van der Waals surface area contributed by atoms with E-state index in [9.17, 15) is 19.8 Å². The van der Waals surface area contributed by atoms with Gasteiger partial charge in [-0.3, -0.25) is 14.5 Å². The number of methoxy groups -OCH3 is 3. The second-order valence-corrected chi connectivity index (χ2v) is 7.99. The highest BCUT2D eigenvalue weighted by molar-refractivity contribution is 6.52. The highest BCUT2D eigenvalue weighted by Gasteiger charge is 2.48. The summed E-state index contributed by atoms with van der Waals surface area (Å²) < 4.78 is 16.1. The van der Waals surface area contributed by atoms with Crippen molar-refractivity contribution in [1.82, 2.24) is 0 Å². The molecule has 1 amide bonds. The molecule has 0 aromatic heterocycles. The first-order chi connectivity index (χ1) is 16.8. The number of aliphatic hydroxyl groups excluding tert-OH is 1. The van der Waals surface area contributed by atoms with E-state index in [1.165, 1.54) is 45.6 Å². The van der Waals surface area contributed by atoms with E-state index in [4.69, 9.17) is 25.8 Å². The predicted molar refractivity (Wildman–Crippen MR) is 130 cm³/mol. The first-order valence-corrected chi connectivity index (χ1v) is 10.9. The second kappa shape index (κ2) is 9.60. The van der Waals surface area contributed by atoms with Gasteiger partial charge in [-0.05, 0) is 24.3 Å². The molecule has 4 rings (SSSR count). The number of carbonyl (C=O) groups excluding carboxylic acids is 2. The number of anilines is 1. The average molecular weight is 496 g/mol. The molecule has 1 atom stereocenters. The molecule has 35 heavy (non-hydrogen) atoms. The van der Waals surface area contributed by atoms with Crippen LogP contribution in [0.4, 0.5) is 5.69 Å². The molecule has 1 saturated heterocycles. The summed E-state index contributed by atoms with van der Waals surface area (Å²) in [6.45, 7) is 0. The Labute approximate surface area is 206 Å². The highest BCUT2D eigenvalue weighted by Crippen LogP contribution is 2.48. The molecular formula is C26H22ClNO7. The van der Waals surface area contributed by atoms with E-state index in [-0.39, 0.29) is 39.1 Å². The van der Waals surface area contributed by atoms with Gasteiger partial charge in [0.2, 0.25) is 0 Å². The minimum absolute atomic E-state index is 0.101. The maximum Gasteiger partial charge on any atom is 0.300 e. The van der Waals surface area contributed by atoms with Crippen LogP contribution in [0, 0.1) is 0 Å². The van der Waals surface area contributed by atoms with E-state index in [0.29, 0.717) is 11.3 Å². The standard InChI is InChI=1S/C26H22ClNO7/c1-33-19-11-7-4-8-14(19)23-22(24(30)15-12-21(35-3)16(27)13-20(15)34-2)25(31)26(32)28(23)17-9-5-6-10-18(17)29/h4-13,23,29-30H,1-3H3/b24-22+. The van der Waals surface area contributed by atoms with Crippen molar-refractivity contribution in [3.63, 3.8) is 0 Å². The number of Topliss-reactive ketones (excluding diaryl/α,β-unsaturated/α-hetero) is 1. The van der Waals surface area contributed by atoms with Crippen LogP contribution in [-0.4, -0.2) is 43.2 Å². The maximum atomic E-state index is 13.4. The number of phenolic OH excluding ortho intramolecular Hbond substituents is 1. The number of aromatic hydroxyl groups is 1. The Morgan fingerprint density at radius 3 is 2.17 bits per heavy atom.